The summed E-state index contributed by atoms with van der Waals surface area (Å²) in [5.74, 6) is 4.82. The molecule has 4 nitrogen and oxygen atoms in total. The summed E-state index contributed by atoms with van der Waals surface area (Å²) >= 11 is 0. The molecule has 0 unspecified atom stereocenters. The van der Waals surface area contributed by atoms with Crippen LogP contribution in [0.1, 0.15) is 44.1 Å². The highest BCUT2D eigenvalue weighted by atomic mass is 15.2. The van der Waals surface area contributed by atoms with Crippen molar-refractivity contribution < 1.29 is 0 Å². The molecule has 11 rings (SSSR count). The summed E-state index contributed by atoms with van der Waals surface area (Å²) in [6.07, 6.45) is 8.65. The van der Waals surface area contributed by atoms with Crippen molar-refractivity contribution in [2.45, 2.75) is 43.9 Å². The summed E-state index contributed by atoms with van der Waals surface area (Å²) in [6, 6.07) is 45.5. The van der Waals surface area contributed by atoms with E-state index in [-0.39, 0.29) is 0 Å². The highest BCUT2D eigenvalue weighted by Gasteiger charge is 2.51. The Bertz CT molecular complexity index is 2170. The molecule has 0 amide bonds. The molecule has 5 aromatic carbocycles. The van der Waals surface area contributed by atoms with Crippen molar-refractivity contribution in [1.82, 2.24) is 19.5 Å². The van der Waals surface area contributed by atoms with Gasteiger partial charge < -0.3 is 0 Å². The molecule has 4 heteroatoms. The number of rotatable bonds is 5. The Morgan fingerprint density at radius 3 is 1.62 bits per heavy atom. The summed E-state index contributed by atoms with van der Waals surface area (Å²) < 4.78 is 2.20. The van der Waals surface area contributed by atoms with Gasteiger partial charge in [0.15, 0.2) is 11.6 Å². The second kappa shape index (κ2) is 10.5. The molecule has 0 radical (unpaired) electrons. The smallest absolute Gasteiger partial charge is 0.238 e. The Hall–Kier alpha value is -5.09. The van der Waals surface area contributed by atoms with E-state index in [1.807, 2.05) is 36.4 Å². The van der Waals surface area contributed by atoms with E-state index in [0.717, 1.165) is 39.9 Å². The molecule has 0 atom stereocenters. The fourth-order valence-corrected chi connectivity index (χ4v) is 9.75. The first-order valence-electron chi connectivity index (χ1n) is 17.2. The van der Waals surface area contributed by atoms with Crippen LogP contribution in [0, 0.1) is 17.8 Å². The summed E-state index contributed by atoms with van der Waals surface area (Å²) in [7, 11) is 0. The van der Waals surface area contributed by atoms with E-state index in [4.69, 9.17) is 15.0 Å². The lowest BCUT2D eigenvalue weighted by Gasteiger charge is -2.57. The minimum Gasteiger partial charge on any atom is -0.278 e. The number of aromatic nitrogens is 4. The summed E-state index contributed by atoms with van der Waals surface area (Å²) in [6.45, 7) is 0. The zero-order valence-electron chi connectivity index (χ0n) is 26.4. The third kappa shape index (κ3) is 4.46. The Kier molecular flexibility index (Phi) is 6.03. The van der Waals surface area contributed by atoms with E-state index in [9.17, 15) is 0 Å². The van der Waals surface area contributed by atoms with Crippen LogP contribution in [0.5, 0.6) is 0 Å². The molecule has 4 bridgehead atoms. The predicted molar refractivity (Wildman–Crippen MR) is 190 cm³/mol. The largest absolute Gasteiger partial charge is 0.278 e. The second-order valence-corrected chi connectivity index (χ2v) is 14.4. The van der Waals surface area contributed by atoms with Crippen molar-refractivity contribution in [3.63, 3.8) is 0 Å². The minimum atomic E-state index is 0.423. The van der Waals surface area contributed by atoms with Crippen LogP contribution < -0.4 is 0 Å². The number of para-hydroxylation sites is 1. The van der Waals surface area contributed by atoms with Gasteiger partial charge in [0.1, 0.15) is 0 Å². The van der Waals surface area contributed by atoms with Crippen molar-refractivity contribution in [3.8, 4) is 39.9 Å². The maximum Gasteiger partial charge on any atom is 0.238 e. The van der Waals surface area contributed by atoms with E-state index in [1.54, 1.807) is 5.56 Å². The quantitative estimate of drug-likeness (QED) is 0.195. The Morgan fingerprint density at radius 2 is 1.00 bits per heavy atom. The molecule has 0 saturated heterocycles. The van der Waals surface area contributed by atoms with Gasteiger partial charge >= 0.3 is 0 Å². The molecule has 47 heavy (non-hydrogen) atoms. The molecular formula is C43H36N4. The predicted octanol–water partition coefficient (Wildman–Crippen LogP) is 10.4. The van der Waals surface area contributed by atoms with Crippen LogP contribution in [0.2, 0.25) is 0 Å². The molecule has 2 heterocycles. The molecule has 4 saturated carbocycles. The molecule has 7 aromatic rings. The van der Waals surface area contributed by atoms with Gasteiger partial charge in [0.2, 0.25) is 5.95 Å². The SMILES string of the molecule is c1ccc(-c2nc(-c3ccccc3)nc(-n3c4ccccc4c4cc(-c5ccc(C67CC8CC(CC(C8)C6)C7)cc5)ccc43)n2)cc1. The van der Waals surface area contributed by atoms with Gasteiger partial charge in [-0.25, -0.2) is 4.98 Å². The van der Waals surface area contributed by atoms with Crippen LogP contribution in [-0.2, 0) is 5.41 Å². The van der Waals surface area contributed by atoms with E-state index >= 15 is 0 Å². The lowest BCUT2D eigenvalue weighted by Crippen LogP contribution is -2.48. The molecule has 228 valence electrons. The Balaban J connectivity index is 1.09. The first-order valence-corrected chi connectivity index (χ1v) is 17.2. The monoisotopic (exact) mass is 608 g/mol. The van der Waals surface area contributed by atoms with Crippen LogP contribution in [0.3, 0.4) is 0 Å². The highest BCUT2D eigenvalue weighted by molar-refractivity contribution is 6.10. The van der Waals surface area contributed by atoms with Gasteiger partial charge in [-0.1, -0.05) is 109 Å². The topological polar surface area (TPSA) is 43.6 Å². The van der Waals surface area contributed by atoms with Crippen LogP contribution in [-0.4, -0.2) is 19.5 Å². The lowest BCUT2D eigenvalue weighted by molar-refractivity contribution is -0.00518. The van der Waals surface area contributed by atoms with E-state index in [1.165, 1.54) is 60.4 Å². The third-order valence-corrected chi connectivity index (χ3v) is 11.4. The first kappa shape index (κ1) is 27.1. The Morgan fingerprint density at radius 1 is 0.468 bits per heavy atom. The van der Waals surface area contributed by atoms with Gasteiger partial charge in [-0.2, -0.15) is 9.97 Å². The van der Waals surface area contributed by atoms with Crippen LogP contribution in [0.4, 0.5) is 0 Å². The molecule has 0 N–H and O–H groups in total. The van der Waals surface area contributed by atoms with E-state index in [2.05, 4.69) is 95.6 Å². The number of hydrogen-bond acceptors (Lipinski definition) is 3. The van der Waals surface area contributed by atoms with Crippen LogP contribution >= 0.6 is 0 Å². The van der Waals surface area contributed by atoms with Gasteiger partial charge in [0.25, 0.3) is 0 Å². The van der Waals surface area contributed by atoms with Gasteiger partial charge in [-0.3, -0.25) is 4.57 Å². The number of benzene rings is 5. The molecule has 4 aliphatic rings. The van der Waals surface area contributed by atoms with Crippen molar-refractivity contribution in [1.29, 1.82) is 0 Å². The van der Waals surface area contributed by atoms with Crippen molar-refractivity contribution in [2.24, 2.45) is 17.8 Å². The van der Waals surface area contributed by atoms with E-state index < -0.39 is 0 Å². The average molecular weight is 609 g/mol. The maximum absolute atomic E-state index is 5.08. The molecule has 0 spiro atoms. The van der Waals surface area contributed by atoms with Gasteiger partial charge in [-0.15, -0.1) is 0 Å². The zero-order chi connectivity index (χ0) is 31.0. The molecule has 4 aliphatic carbocycles. The molecule has 4 fully saturated rings. The van der Waals surface area contributed by atoms with Crippen molar-refractivity contribution in [2.75, 3.05) is 0 Å². The Labute approximate surface area is 275 Å². The normalized spacial score (nSPS) is 23.1. The summed E-state index contributed by atoms with van der Waals surface area (Å²) in [5, 5.41) is 2.39. The van der Waals surface area contributed by atoms with Crippen LogP contribution in [0.25, 0.3) is 61.7 Å². The highest BCUT2D eigenvalue weighted by Crippen LogP contribution is 2.60. The zero-order valence-corrected chi connectivity index (χ0v) is 26.4. The lowest BCUT2D eigenvalue weighted by atomic mass is 9.48. The van der Waals surface area contributed by atoms with Crippen molar-refractivity contribution >= 4 is 21.8 Å². The minimum absolute atomic E-state index is 0.423. The fraction of sp³-hybridized carbons (Fsp3) is 0.233. The molecular weight excluding hydrogens is 573 g/mol. The summed E-state index contributed by atoms with van der Waals surface area (Å²) in [5.41, 5.74) is 8.62. The standard InChI is InChI=1S/C43H36N4/c1-3-9-32(10-4-1)40-44-41(33-11-5-2-6-12-33)46-42(45-40)47-38-14-8-7-13-36(38)37-24-34(17-20-39(37)47)31-15-18-35(19-16-31)43-25-28-21-29(26-43)23-30(22-28)27-43/h1-20,24,28-30H,21-23,25-27H2. The fourth-order valence-electron chi connectivity index (χ4n) is 9.75. The van der Waals surface area contributed by atoms with Gasteiger partial charge in [0, 0.05) is 21.9 Å². The van der Waals surface area contributed by atoms with Crippen molar-refractivity contribution in [3.05, 3.63) is 133 Å². The van der Waals surface area contributed by atoms with Crippen LogP contribution in [0.15, 0.2) is 127 Å². The average Bonchev–Trinajstić information content (AvgIpc) is 3.45. The van der Waals surface area contributed by atoms with Gasteiger partial charge in [0.05, 0.1) is 11.0 Å². The second-order valence-electron chi connectivity index (χ2n) is 14.4. The number of hydrogen-bond donors (Lipinski definition) is 0. The number of fused-ring (bicyclic) bond motifs is 3. The molecule has 2 aromatic heterocycles. The van der Waals surface area contributed by atoms with E-state index in [0.29, 0.717) is 23.0 Å². The first-order chi connectivity index (χ1) is 23.2. The maximum atomic E-state index is 5.08. The summed E-state index contributed by atoms with van der Waals surface area (Å²) in [4.78, 5) is 15.1. The van der Waals surface area contributed by atoms with Gasteiger partial charge in [-0.05, 0) is 96.6 Å². The molecule has 0 aliphatic heterocycles. The third-order valence-electron chi connectivity index (χ3n) is 11.4. The number of nitrogens with zero attached hydrogens (tertiary/aromatic N) is 4.